The lowest BCUT2D eigenvalue weighted by Crippen LogP contribution is -2.27. The normalized spacial score (nSPS) is 13.8. The van der Waals surface area contributed by atoms with E-state index >= 15 is 0 Å². The van der Waals surface area contributed by atoms with Crippen molar-refractivity contribution in [2.75, 3.05) is 6.61 Å². The van der Waals surface area contributed by atoms with Crippen molar-refractivity contribution < 1.29 is 19.4 Å². The van der Waals surface area contributed by atoms with E-state index < -0.39 is 6.29 Å². The first-order valence-corrected chi connectivity index (χ1v) is 4.80. The Morgan fingerprint density at radius 3 is 2.43 bits per heavy atom. The van der Waals surface area contributed by atoms with Gasteiger partial charge < -0.3 is 14.6 Å². The molecular weight excluding hydrogens is 184 g/mol. The monoisotopic (exact) mass is 204 g/mol. The summed E-state index contributed by atoms with van der Waals surface area (Å²) in [4.78, 5) is 10.4. The highest BCUT2D eigenvalue weighted by molar-refractivity contribution is 5.65. The molecule has 84 valence electrons. The molecular formula is C10H20O4. The second-order valence-electron chi connectivity index (χ2n) is 4.17. The molecule has 0 saturated carbocycles. The van der Waals surface area contributed by atoms with Gasteiger partial charge in [-0.15, -0.1) is 0 Å². The summed E-state index contributed by atoms with van der Waals surface area (Å²) in [6.07, 6.45) is 0.298. The molecule has 14 heavy (non-hydrogen) atoms. The maximum Gasteiger partial charge on any atom is 0.302 e. The minimum atomic E-state index is -0.787. The highest BCUT2D eigenvalue weighted by Gasteiger charge is 2.15. The fourth-order valence-corrected chi connectivity index (χ4v) is 0.941. The maximum atomic E-state index is 10.4. The smallest absolute Gasteiger partial charge is 0.302 e. The van der Waals surface area contributed by atoms with Gasteiger partial charge in [0.15, 0.2) is 6.29 Å². The Morgan fingerprint density at radius 1 is 1.43 bits per heavy atom. The lowest BCUT2D eigenvalue weighted by molar-refractivity contribution is -0.170. The number of carbonyl (C=O) groups excluding carboxylic acids is 1. The molecule has 0 amide bonds. The van der Waals surface area contributed by atoms with Crippen LogP contribution in [0.3, 0.4) is 0 Å². The van der Waals surface area contributed by atoms with Gasteiger partial charge in [-0.05, 0) is 27.2 Å². The van der Waals surface area contributed by atoms with Crippen molar-refractivity contribution in [2.24, 2.45) is 0 Å². The lowest BCUT2D eigenvalue weighted by atomic mass is 10.2. The zero-order chi connectivity index (χ0) is 11.2. The molecule has 0 saturated heterocycles. The van der Waals surface area contributed by atoms with Gasteiger partial charge in [0.05, 0.1) is 12.2 Å². The first-order valence-electron chi connectivity index (χ1n) is 4.80. The summed E-state index contributed by atoms with van der Waals surface area (Å²) in [5.74, 6) is -0.295. The summed E-state index contributed by atoms with van der Waals surface area (Å²) in [6, 6.07) is 0. The molecule has 0 rings (SSSR count). The molecule has 1 N–H and O–H groups in total. The van der Waals surface area contributed by atoms with Crippen molar-refractivity contribution >= 4 is 5.97 Å². The van der Waals surface area contributed by atoms with Gasteiger partial charge in [0.1, 0.15) is 0 Å². The molecule has 0 aromatic rings. The van der Waals surface area contributed by atoms with Gasteiger partial charge in [0.2, 0.25) is 0 Å². The van der Waals surface area contributed by atoms with E-state index in [9.17, 15) is 9.90 Å². The third kappa shape index (κ3) is 9.48. The van der Waals surface area contributed by atoms with Crippen molar-refractivity contribution in [2.45, 2.75) is 52.4 Å². The standard InChI is InChI=1S/C10H20O4/c1-8(11)13-7-5-6-9(12)14-10(2,3)4/h9,12H,5-7H2,1-4H3. The van der Waals surface area contributed by atoms with Crippen LogP contribution in [0.1, 0.15) is 40.5 Å². The van der Waals surface area contributed by atoms with Gasteiger partial charge in [-0.1, -0.05) is 0 Å². The van der Waals surface area contributed by atoms with Crippen LogP contribution in [0.5, 0.6) is 0 Å². The summed E-state index contributed by atoms with van der Waals surface area (Å²) in [6.45, 7) is 7.33. The number of esters is 1. The number of rotatable bonds is 5. The molecule has 4 nitrogen and oxygen atoms in total. The second kappa shape index (κ2) is 5.98. The van der Waals surface area contributed by atoms with E-state index in [0.29, 0.717) is 19.4 Å². The van der Waals surface area contributed by atoms with Crippen LogP contribution in [0.2, 0.25) is 0 Å². The van der Waals surface area contributed by atoms with Crippen molar-refractivity contribution in [3.8, 4) is 0 Å². The molecule has 0 aromatic carbocycles. The van der Waals surface area contributed by atoms with Gasteiger partial charge in [-0.25, -0.2) is 0 Å². The Kier molecular flexibility index (Phi) is 5.72. The minimum absolute atomic E-state index is 0.295. The van der Waals surface area contributed by atoms with Gasteiger partial charge in [0, 0.05) is 13.3 Å². The summed E-state index contributed by atoms with van der Waals surface area (Å²) in [5.41, 5.74) is -0.346. The Morgan fingerprint density at radius 2 is 2.00 bits per heavy atom. The molecule has 0 spiro atoms. The predicted molar refractivity (Wildman–Crippen MR) is 52.7 cm³/mol. The van der Waals surface area contributed by atoms with E-state index in [4.69, 9.17) is 9.47 Å². The quantitative estimate of drug-likeness (QED) is 0.418. The highest BCUT2D eigenvalue weighted by atomic mass is 16.6. The van der Waals surface area contributed by atoms with Crippen molar-refractivity contribution in [3.63, 3.8) is 0 Å². The van der Waals surface area contributed by atoms with Gasteiger partial charge in [0.25, 0.3) is 0 Å². The van der Waals surface area contributed by atoms with E-state index in [0.717, 1.165) is 0 Å². The van der Waals surface area contributed by atoms with E-state index in [-0.39, 0.29) is 11.6 Å². The maximum absolute atomic E-state index is 10.4. The predicted octanol–water partition coefficient (Wildman–Crippen LogP) is 1.46. The SMILES string of the molecule is CC(=O)OCCCC(O)OC(C)(C)C. The second-order valence-corrected chi connectivity index (χ2v) is 4.17. The Bertz CT molecular complexity index is 171. The van der Waals surface area contributed by atoms with E-state index in [2.05, 4.69) is 0 Å². The Hall–Kier alpha value is -0.610. The summed E-state index contributed by atoms with van der Waals surface area (Å²) >= 11 is 0. The lowest BCUT2D eigenvalue weighted by Gasteiger charge is -2.23. The molecule has 0 aliphatic rings. The largest absolute Gasteiger partial charge is 0.466 e. The van der Waals surface area contributed by atoms with Crippen LogP contribution >= 0.6 is 0 Å². The molecule has 0 bridgehead atoms. The number of hydrogen-bond donors (Lipinski definition) is 1. The van der Waals surface area contributed by atoms with E-state index in [1.54, 1.807) is 0 Å². The van der Waals surface area contributed by atoms with Gasteiger partial charge in [-0.3, -0.25) is 4.79 Å². The zero-order valence-corrected chi connectivity index (χ0v) is 9.37. The van der Waals surface area contributed by atoms with Crippen LogP contribution in [0.15, 0.2) is 0 Å². The highest BCUT2D eigenvalue weighted by Crippen LogP contribution is 2.12. The summed E-state index contributed by atoms with van der Waals surface area (Å²) in [5, 5.41) is 9.39. The number of carbonyl (C=O) groups is 1. The molecule has 0 aromatic heterocycles. The van der Waals surface area contributed by atoms with Crippen molar-refractivity contribution in [1.29, 1.82) is 0 Å². The molecule has 4 heteroatoms. The first-order chi connectivity index (χ1) is 6.31. The molecule has 0 radical (unpaired) electrons. The van der Waals surface area contributed by atoms with Gasteiger partial charge in [-0.2, -0.15) is 0 Å². The third-order valence-corrected chi connectivity index (χ3v) is 1.39. The van der Waals surface area contributed by atoms with Crippen molar-refractivity contribution in [3.05, 3.63) is 0 Å². The fourth-order valence-electron chi connectivity index (χ4n) is 0.941. The van der Waals surface area contributed by atoms with Gasteiger partial charge >= 0.3 is 5.97 Å². The Balaban J connectivity index is 3.45. The van der Waals surface area contributed by atoms with Crippen LogP contribution in [0, 0.1) is 0 Å². The third-order valence-electron chi connectivity index (χ3n) is 1.39. The topological polar surface area (TPSA) is 55.8 Å². The van der Waals surface area contributed by atoms with Crippen LogP contribution < -0.4 is 0 Å². The number of aliphatic hydroxyl groups excluding tert-OH is 1. The van der Waals surface area contributed by atoms with E-state index in [1.807, 2.05) is 20.8 Å². The first kappa shape index (κ1) is 13.4. The molecule has 0 fully saturated rings. The molecule has 0 aliphatic heterocycles. The van der Waals surface area contributed by atoms with Crippen LogP contribution in [0.25, 0.3) is 0 Å². The van der Waals surface area contributed by atoms with E-state index in [1.165, 1.54) is 6.92 Å². The van der Waals surface area contributed by atoms with Crippen LogP contribution in [0.4, 0.5) is 0 Å². The Labute approximate surface area is 85.2 Å². The number of aliphatic hydroxyl groups is 1. The summed E-state index contributed by atoms with van der Waals surface area (Å²) in [7, 11) is 0. The molecule has 1 atom stereocenters. The minimum Gasteiger partial charge on any atom is -0.466 e. The number of ether oxygens (including phenoxy) is 2. The fraction of sp³-hybridized carbons (Fsp3) is 0.900. The average molecular weight is 204 g/mol. The molecule has 1 unspecified atom stereocenters. The average Bonchev–Trinajstić information content (AvgIpc) is 1.94. The molecule has 0 aliphatic carbocycles. The van der Waals surface area contributed by atoms with Crippen molar-refractivity contribution in [1.82, 2.24) is 0 Å². The van der Waals surface area contributed by atoms with Crippen LogP contribution in [-0.2, 0) is 14.3 Å². The number of hydrogen-bond acceptors (Lipinski definition) is 4. The zero-order valence-electron chi connectivity index (χ0n) is 9.37. The molecule has 0 heterocycles. The summed E-state index contributed by atoms with van der Waals surface area (Å²) < 4.78 is 9.98. The van der Waals surface area contributed by atoms with Crippen LogP contribution in [-0.4, -0.2) is 29.6 Å².